The van der Waals surface area contributed by atoms with E-state index in [0.717, 1.165) is 22.3 Å². The van der Waals surface area contributed by atoms with Gasteiger partial charge in [-0.1, -0.05) is 127 Å². The summed E-state index contributed by atoms with van der Waals surface area (Å²) >= 11 is 0. The SMILES string of the molecule is C/C=C\O[C@@H]1O[C@H](COCc2ccccc2)[C@H](OCc2ccccc2)[C@H](OCc2ccccc2)[C@H]1OCc1ccccc1. The van der Waals surface area contributed by atoms with E-state index in [4.69, 9.17) is 28.4 Å². The monoisotopic (exact) mass is 580 g/mol. The quantitative estimate of drug-likeness (QED) is 0.138. The summed E-state index contributed by atoms with van der Waals surface area (Å²) in [5.74, 6) is 0. The first-order valence-corrected chi connectivity index (χ1v) is 14.8. The Balaban J connectivity index is 1.42. The van der Waals surface area contributed by atoms with Crippen LogP contribution in [-0.4, -0.2) is 37.3 Å². The fourth-order valence-electron chi connectivity index (χ4n) is 5.01. The maximum atomic E-state index is 6.69. The Hall–Kier alpha value is -3.78. The van der Waals surface area contributed by atoms with Crippen LogP contribution in [-0.2, 0) is 54.8 Å². The minimum absolute atomic E-state index is 0.292. The molecule has 4 aromatic rings. The first kappa shape index (κ1) is 30.7. The molecule has 0 radical (unpaired) electrons. The second kappa shape index (κ2) is 16.8. The lowest BCUT2D eigenvalue weighted by Crippen LogP contribution is -2.61. The van der Waals surface area contributed by atoms with Crippen LogP contribution in [0.25, 0.3) is 0 Å². The molecular weight excluding hydrogens is 540 g/mol. The number of allylic oxidation sites excluding steroid dienone is 1. The highest BCUT2D eigenvalue weighted by molar-refractivity contribution is 5.16. The van der Waals surface area contributed by atoms with Gasteiger partial charge in [0.1, 0.15) is 24.4 Å². The van der Waals surface area contributed by atoms with Crippen molar-refractivity contribution in [1.82, 2.24) is 0 Å². The Morgan fingerprint density at radius 3 is 1.42 bits per heavy atom. The molecule has 0 N–H and O–H groups in total. The van der Waals surface area contributed by atoms with E-state index in [9.17, 15) is 0 Å². The second-order valence-corrected chi connectivity index (χ2v) is 10.4. The van der Waals surface area contributed by atoms with Crippen LogP contribution < -0.4 is 0 Å². The Morgan fingerprint density at radius 1 is 0.535 bits per heavy atom. The number of hydrogen-bond donors (Lipinski definition) is 0. The molecule has 0 bridgehead atoms. The van der Waals surface area contributed by atoms with E-state index in [1.807, 2.05) is 134 Å². The fourth-order valence-corrected chi connectivity index (χ4v) is 5.01. The van der Waals surface area contributed by atoms with Gasteiger partial charge in [0.05, 0.1) is 39.3 Å². The van der Waals surface area contributed by atoms with Gasteiger partial charge >= 0.3 is 0 Å². The molecule has 0 unspecified atom stereocenters. The van der Waals surface area contributed by atoms with Gasteiger partial charge in [-0.2, -0.15) is 0 Å². The normalized spacial score (nSPS) is 22.0. The lowest BCUT2D eigenvalue weighted by molar-refractivity contribution is -0.318. The maximum absolute atomic E-state index is 6.69. The Bertz CT molecular complexity index is 1330. The van der Waals surface area contributed by atoms with Gasteiger partial charge in [0.2, 0.25) is 6.29 Å². The first-order chi connectivity index (χ1) is 21.3. The zero-order chi connectivity index (χ0) is 29.5. The van der Waals surface area contributed by atoms with Crippen molar-refractivity contribution in [3.8, 4) is 0 Å². The zero-order valence-corrected chi connectivity index (χ0v) is 24.6. The first-order valence-electron chi connectivity index (χ1n) is 14.8. The van der Waals surface area contributed by atoms with Gasteiger partial charge in [0.15, 0.2) is 0 Å². The largest absolute Gasteiger partial charge is 0.470 e. The van der Waals surface area contributed by atoms with Crippen LogP contribution in [0.2, 0.25) is 0 Å². The molecule has 0 aliphatic carbocycles. The van der Waals surface area contributed by atoms with Gasteiger partial charge in [0, 0.05) is 0 Å². The number of ether oxygens (including phenoxy) is 6. The summed E-state index contributed by atoms with van der Waals surface area (Å²) in [6.45, 7) is 3.79. The number of rotatable bonds is 15. The summed E-state index contributed by atoms with van der Waals surface area (Å²) < 4.78 is 38.8. The molecular formula is C37H40O6. The molecule has 1 fully saturated rings. The maximum Gasteiger partial charge on any atom is 0.228 e. The van der Waals surface area contributed by atoms with Crippen LogP contribution in [0.5, 0.6) is 0 Å². The van der Waals surface area contributed by atoms with Gasteiger partial charge in [-0.3, -0.25) is 0 Å². The van der Waals surface area contributed by atoms with Crippen molar-refractivity contribution < 1.29 is 28.4 Å². The van der Waals surface area contributed by atoms with Crippen LogP contribution in [0.4, 0.5) is 0 Å². The van der Waals surface area contributed by atoms with Crippen LogP contribution in [0.3, 0.4) is 0 Å². The van der Waals surface area contributed by atoms with E-state index >= 15 is 0 Å². The van der Waals surface area contributed by atoms with Crippen molar-refractivity contribution in [2.75, 3.05) is 6.61 Å². The minimum atomic E-state index is -0.734. The minimum Gasteiger partial charge on any atom is -0.470 e. The third-order valence-corrected chi connectivity index (χ3v) is 7.19. The van der Waals surface area contributed by atoms with Crippen LogP contribution in [0.1, 0.15) is 29.2 Å². The predicted octanol–water partition coefficient (Wildman–Crippen LogP) is 7.23. The van der Waals surface area contributed by atoms with E-state index in [2.05, 4.69) is 0 Å². The Morgan fingerprint density at radius 2 is 0.953 bits per heavy atom. The highest BCUT2D eigenvalue weighted by Gasteiger charge is 2.49. The molecule has 6 nitrogen and oxygen atoms in total. The van der Waals surface area contributed by atoms with Crippen molar-refractivity contribution in [1.29, 1.82) is 0 Å². The van der Waals surface area contributed by atoms with Crippen molar-refractivity contribution in [2.24, 2.45) is 0 Å². The van der Waals surface area contributed by atoms with Crippen molar-refractivity contribution in [3.05, 3.63) is 156 Å². The summed E-state index contributed by atoms with van der Waals surface area (Å²) in [5.41, 5.74) is 4.25. The molecule has 1 saturated heterocycles. The van der Waals surface area contributed by atoms with Crippen LogP contribution in [0, 0.1) is 0 Å². The highest BCUT2D eigenvalue weighted by Crippen LogP contribution is 2.31. The van der Waals surface area contributed by atoms with Crippen LogP contribution in [0.15, 0.2) is 134 Å². The van der Waals surface area contributed by atoms with E-state index in [1.165, 1.54) is 0 Å². The van der Waals surface area contributed by atoms with Crippen molar-refractivity contribution in [2.45, 2.75) is 64.1 Å². The average Bonchev–Trinajstić information content (AvgIpc) is 3.07. The molecule has 0 amide bonds. The molecule has 1 heterocycles. The third kappa shape index (κ3) is 9.35. The molecule has 0 saturated carbocycles. The predicted molar refractivity (Wildman–Crippen MR) is 166 cm³/mol. The Labute approximate surface area is 254 Å². The molecule has 6 heteroatoms. The molecule has 4 aromatic carbocycles. The van der Waals surface area contributed by atoms with Gasteiger partial charge in [-0.05, 0) is 29.2 Å². The molecule has 43 heavy (non-hydrogen) atoms. The molecule has 224 valence electrons. The standard InChI is InChI=1S/C37H40O6/c1-2-23-39-37-36(42-27-32-21-13-6-14-22-32)35(41-26-31-19-11-5-12-20-31)34(40-25-30-17-9-4-10-18-30)33(43-37)28-38-24-29-15-7-3-8-16-29/h2-23,33-37H,24-28H2,1H3/b23-2-/t33-,34+,35+,36-,37-/m1/s1. The van der Waals surface area contributed by atoms with Crippen LogP contribution >= 0.6 is 0 Å². The molecule has 5 atom stereocenters. The lowest BCUT2D eigenvalue weighted by Gasteiger charge is -2.45. The van der Waals surface area contributed by atoms with Crippen molar-refractivity contribution in [3.63, 3.8) is 0 Å². The molecule has 1 aliphatic rings. The second-order valence-electron chi connectivity index (χ2n) is 10.4. The summed E-state index contributed by atoms with van der Waals surface area (Å²) in [4.78, 5) is 0. The zero-order valence-electron chi connectivity index (χ0n) is 24.6. The molecule has 0 spiro atoms. The van der Waals surface area contributed by atoms with E-state index in [0.29, 0.717) is 33.0 Å². The number of hydrogen-bond acceptors (Lipinski definition) is 6. The summed E-state index contributed by atoms with van der Waals surface area (Å²) in [5, 5.41) is 0. The highest BCUT2D eigenvalue weighted by atomic mass is 16.7. The fraction of sp³-hybridized carbons (Fsp3) is 0.297. The summed E-state index contributed by atoms with van der Waals surface area (Å²) in [6, 6.07) is 40.4. The average molecular weight is 581 g/mol. The third-order valence-electron chi connectivity index (χ3n) is 7.19. The van der Waals surface area contributed by atoms with Gasteiger partial charge < -0.3 is 28.4 Å². The van der Waals surface area contributed by atoms with E-state index in [1.54, 1.807) is 6.26 Å². The topological polar surface area (TPSA) is 55.4 Å². The summed E-state index contributed by atoms with van der Waals surface area (Å²) in [7, 11) is 0. The summed E-state index contributed by atoms with van der Waals surface area (Å²) in [6.07, 6.45) is 0.669. The molecule has 1 aliphatic heterocycles. The molecule has 0 aromatic heterocycles. The van der Waals surface area contributed by atoms with E-state index in [-0.39, 0.29) is 0 Å². The molecule has 5 rings (SSSR count). The van der Waals surface area contributed by atoms with Gasteiger partial charge in [-0.25, -0.2) is 0 Å². The number of benzene rings is 4. The Kier molecular flexibility index (Phi) is 11.9. The van der Waals surface area contributed by atoms with Gasteiger partial charge in [0.25, 0.3) is 0 Å². The van der Waals surface area contributed by atoms with Gasteiger partial charge in [-0.15, -0.1) is 0 Å². The van der Waals surface area contributed by atoms with E-state index < -0.39 is 30.7 Å². The smallest absolute Gasteiger partial charge is 0.228 e. The van der Waals surface area contributed by atoms with Crippen molar-refractivity contribution >= 4 is 0 Å². The lowest BCUT2D eigenvalue weighted by atomic mass is 9.97.